The van der Waals surface area contributed by atoms with Crippen LogP contribution in [0.5, 0.6) is 0 Å². The van der Waals surface area contributed by atoms with Gasteiger partial charge in [-0.25, -0.2) is 18.6 Å². The molecule has 2 N–H and O–H groups in total. The van der Waals surface area contributed by atoms with Gasteiger partial charge in [-0.05, 0) is 37.5 Å². The number of allylic oxidation sites excluding steroid dienone is 6. The van der Waals surface area contributed by atoms with Crippen molar-refractivity contribution >= 4 is 27.3 Å². The molecule has 20 heavy (non-hydrogen) atoms. The molecule has 0 spiro atoms. The van der Waals surface area contributed by atoms with Crippen molar-refractivity contribution in [2.45, 2.75) is 20.3 Å². The molecular weight excluding hydrogens is 298 g/mol. The van der Waals surface area contributed by atoms with E-state index in [1.165, 1.54) is 5.01 Å². The number of halogens is 1. The van der Waals surface area contributed by atoms with Gasteiger partial charge in [-0.1, -0.05) is 30.7 Å². The van der Waals surface area contributed by atoms with Gasteiger partial charge in [0.15, 0.2) is 5.03 Å². The summed E-state index contributed by atoms with van der Waals surface area (Å²) in [5.41, 5.74) is 1.29. The monoisotopic (exact) mass is 313 g/mol. The van der Waals surface area contributed by atoms with Crippen LogP contribution in [0.2, 0.25) is 0 Å². The molecule has 1 atom stereocenters. The summed E-state index contributed by atoms with van der Waals surface area (Å²) in [6.45, 7) is 3.71. The quantitative estimate of drug-likeness (QED) is 0.850. The predicted octanol–water partition coefficient (Wildman–Crippen LogP) is 2.41. The molecule has 0 bridgehead atoms. The Morgan fingerprint density at radius 3 is 2.80 bits per heavy atom. The first-order valence-corrected chi connectivity index (χ1v) is 8.09. The standard InChI is InChI=1S/C13H16ClN3O2S/c1-3-4-10-6-8-11-7-5-9(2)12(14)13(17(11)16-10)20(15,18)19/h3-4,6-9H,5H2,1-2H3,(H2,15,18,19)/b4-3+. The third kappa shape index (κ3) is 2.87. The lowest BCUT2D eigenvalue weighted by Gasteiger charge is -2.24. The minimum absolute atomic E-state index is 0.128. The summed E-state index contributed by atoms with van der Waals surface area (Å²) in [6.07, 6.45) is 9.74. The van der Waals surface area contributed by atoms with Crippen LogP contribution in [-0.2, 0) is 10.0 Å². The lowest BCUT2D eigenvalue weighted by molar-refractivity contribution is 0.481. The second-order valence-electron chi connectivity index (χ2n) is 4.63. The number of fused-ring (bicyclic) bond motifs is 1. The largest absolute Gasteiger partial charge is 0.256 e. The van der Waals surface area contributed by atoms with Crippen molar-refractivity contribution in [2.75, 3.05) is 0 Å². The molecule has 108 valence electrons. The van der Waals surface area contributed by atoms with Crippen molar-refractivity contribution in [3.8, 4) is 0 Å². The molecule has 0 aromatic carbocycles. The fourth-order valence-corrected chi connectivity index (χ4v) is 3.35. The first kappa shape index (κ1) is 15.0. The highest BCUT2D eigenvalue weighted by Crippen LogP contribution is 2.35. The van der Waals surface area contributed by atoms with Crippen LogP contribution in [0.15, 0.2) is 51.2 Å². The smallest absolute Gasteiger partial charge is 0.223 e. The number of hydrogen-bond acceptors (Lipinski definition) is 4. The van der Waals surface area contributed by atoms with Crippen molar-refractivity contribution < 1.29 is 8.42 Å². The maximum absolute atomic E-state index is 11.9. The summed E-state index contributed by atoms with van der Waals surface area (Å²) < 4.78 is 23.7. The maximum Gasteiger partial charge on any atom is 0.256 e. The van der Waals surface area contributed by atoms with Gasteiger partial charge in [0.1, 0.15) is 0 Å². The zero-order chi connectivity index (χ0) is 14.9. The van der Waals surface area contributed by atoms with E-state index < -0.39 is 10.0 Å². The number of nitrogens with two attached hydrogens (primary N) is 1. The van der Waals surface area contributed by atoms with E-state index in [2.05, 4.69) is 5.10 Å². The van der Waals surface area contributed by atoms with E-state index in [-0.39, 0.29) is 16.0 Å². The van der Waals surface area contributed by atoms with Crippen molar-refractivity contribution in [3.63, 3.8) is 0 Å². The molecule has 7 heteroatoms. The fraction of sp³-hybridized carbons (Fsp3) is 0.308. The lowest BCUT2D eigenvalue weighted by atomic mass is 10.1. The number of sulfonamides is 1. The third-order valence-corrected chi connectivity index (χ3v) is 4.60. The first-order chi connectivity index (χ1) is 9.34. The van der Waals surface area contributed by atoms with Crippen LogP contribution in [-0.4, -0.2) is 19.1 Å². The molecular formula is C13H16ClN3O2S. The predicted molar refractivity (Wildman–Crippen MR) is 81.1 cm³/mol. The van der Waals surface area contributed by atoms with E-state index in [0.29, 0.717) is 17.8 Å². The summed E-state index contributed by atoms with van der Waals surface area (Å²) in [7, 11) is -3.97. The Labute approximate surface area is 123 Å². The Morgan fingerprint density at radius 1 is 1.50 bits per heavy atom. The van der Waals surface area contributed by atoms with Crippen molar-refractivity contribution in [1.82, 2.24) is 5.01 Å². The number of primary sulfonamides is 1. The molecule has 0 amide bonds. The normalized spacial score (nSPS) is 23.6. The van der Waals surface area contributed by atoms with Crippen molar-refractivity contribution in [3.05, 3.63) is 46.1 Å². The van der Waals surface area contributed by atoms with Gasteiger partial charge in [-0.2, -0.15) is 5.10 Å². The molecule has 2 aliphatic rings. The van der Waals surface area contributed by atoms with Gasteiger partial charge in [0, 0.05) is 0 Å². The van der Waals surface area contributed by atoms with Gasteiger partial charge in [0.2, 0.25) is 0 Å². The highest BCUT2D eigenvalue weighted by molar-refractivity contribution is 7.93. The van der Waals surface area contributed by atoms with Crippen LogP contribution in [0.3, 0.4) is 0 Å². The number of hydrogen-bond donors (Lipinski definition) is 1. The van der Waals surface area contributed by atoms with E-state index in [1.807, 2.05) is 32.1 Å². The van der Waals surface area contributed by atoms with Gasteiger partial charge in [-0.3, -0.25) is 0 Å². The SMILES string of the molecule is C/C=C/C1=NN2C(=CCC(C)C(Cl)=C2S(N)(=O)=O)C=C1. The fourth-order valence-electron chi connectivity index (χ4n) is 1.99. The summed E-state index contributed by atoms with van der Waals surface area (Å²) in [6, 6.07) is 0. The highest BCUT2D eigenvalue weighted by Gasteiger charge is 2.31. The van der Waals surface area contributed by atoms with Gasteiger partial charge < -0.3 is 0 Å². The summed E-state index contributed by atoms with van der Waals surface area (Å²) in [5.74, 6) is -0.128. The minimum Gasteiger partial charge on any atom is -0.223 e. The molecule has 0 radical (unpaired) electrons. The third-order valence-electron chi connectivity index (χ3n) is 3.00. The molecule has 0 fully saturated rings. The van der Waals surface area contributed by atoms with Gasteiger partial charge in [0.25, 0.3) is 10.0 Å². The number of rotatable bonds is 2. The van der Waals surface area contributed by atoms with Crippen LogP contribution in [0.25, 0.3) is 0 Å². The number of nitrogens with zero attached hydrogens (tertiary/aromatic N) is 2. The minimum atomic E-state index is -3.97. The van der Waals surface area contributed by atoms with Gasteiger partial charge in [0.05, 0.1) is 16.4 Å². The Morgan fingerprint density at radius 2 is 2.20 bits per heavy atom. The topological polar surface area (TPSA) is 75.8 Å². The molecule has 0 aromatic rings. The van der Waals surface area contributed by atoms with E-state index in [0.717, 1.165) is 0 Å². The Kier molecular flexibility index (Phi) is 4.17. The summed E-state index contributed by atoms with van der Waals surface area (Å²) in [5, 5.41) is 11.0. The van der Waals surface area contributed by atoms with E-state index >= 15 is 0 Å². The van der Waals surface area contributed by atoms with Crippen LogP contribution in [0, 0.1) is 5.92 Å². The Bertz CT molecular complexity index is 672. The molecule has 5 nitrogen and oxygen atoms in total. The van der Waals surface area contributed by atoms with Gasteiger partial charge in [-0.15, -0.1) is 0 Å². The van der Waals surface area contributed by atoms with Crippen LogP contribution < -0.4 is 5.14 Å². The molecule has 0 aromatic heterocycles. The maximum atomic E-state index is 11.9. The lowest BCUT2D eigenvalue weighted by Crippen LogP contribution is -2.29. The highest BCUT2D eigenvalue weighted by atomic mass is 35.5. The van der Waals surface area contributed by atoms with E-state index in [4.69, 9.17) is 16.7 Å². The average molecular weight is 314 g/mol. The van der Waals surface area contributed by atoms with E-state index in [1.54, 1.807) is 12.2 Å². The van der Waals surface area contributed by atoms with Crippen molar-refractivity contribution in [2.24, 2.45) is 16.2 Å². The molecule has 0 aliphatic carbocycles. The Balaban J connectivity index is 2.64. The van der Waals surface area contributed by atoms with E-state index in [9.17, 15) is 8.42 Å². The van der Waals surface area contributed by atoms with Crippen LogP contribution in [0.1, 0.15) is 20.3 Å². The van der Waals surface area contributed by atoms with Crippen LogP contribution in [0.4, 0.5) is 0 Å². The molecule has 0 saturated carbocycles. The zero-order valence-corrected chi connectivity index (χ0v) is 12.8. The first-order valence-electron chi connectivity index (χ1n) is 6.16. The zero-order valence-electron chi connectivity index (χ0n) is 11.2. The second-order valence-corrected chi connectivity index (χ2v) is 6.52. The molecule has 1 unspecified atom stereocenters. The molecule has 2 heterocycles. The van der Waals surface area contributed by atoms with Gasteiger partial charge >= 0.3 is 0 Å². The summed E-state index contributed by atoms with van der Waals surface area (Å²) in [4.78, 5) is 0. The molecule has 2 rings (SSSR count). The molecule has 2 aliphatic heterocycles. The average Bonchev–Trinajstić information content (AvgIpc) is 2.47. The van der Waals surface area contributed by atoms with Crippen molar-refractivity contribution in [1.29, 1.82) is 0 Å². The summed E-state index contributed by atoms with van der Waals surface area (Å²) >= 11 is 6.20. The second kappa shape index (κ2) is 5.55. The molecule has 0 saturated heterocycles. The Hall–Kier alpha value is -1.37. The van der Waals surface area contributed by atoms with Crippen LogP contribution >= 0.6 is 11.6 Å². The number of hydrazone groups is 1.